The van der Waals surface area contributed by atoms with Crippen LogP contribution in [-0.4, -0.2) is 17.3 Å². The number of hydrogen-bond donors (Lipinski definition) is 1. The summed E-state index contributed by atoms with van der Waals surface area (Å²) >= 11 is 1.69. The molecule has 0 aliphatic rings. The minimum absolute atomic E-state index is 0.0467. The van der Waals surface area contributed by atoms with E-state index in [-0.39, 0.29) is 11.2 Å². The predicted octanol–water partition coefficient (Wildman–Crippen LogP) is 3.13. The number of benzene rings is 1. The molecule has 18 heavy (non-hydrogen) atoms. The molecular formula is C14H18N2OS. The van der Waals surface area contributed by atoms with Gasteiger partial charge in [-0.1, -0.05) is 20.8 Å². The van der Waals surface area contributed by atoms with Gasteiger partial charge in [-0.05, 0) is 24.7 Å². The minimum atomic E-state index is 0.0467. The predicted molar refractivity (Wildman–Crippen MR) is 76.3 cm³/mol. The van der Waals surface area contributed by atoms with Crippen molar-refractivity contribution in [3.8, 4) is 0 Å². The lowest BCUT2D eigenvalue weighted by Crippen LogP contribution is -2.10. The van der Waals surface area contributed by atoms with E-state index in [2.05, 4.69) is 25.8 Å². The van der Waals surface area contributed by atoms with E-state index in [0.717, 1.165) is 15.2 Å². The van der Waals surface area contributed by atoms with Crippen LogP contribution in [0.15, 0.2) is 18.2 Å². The maximum absolute atomic E-state index is 11.8. The fraction of sp³-hybridized carbons (Fsp3) is 0.429. The second kappa shape index (κ2) is 4.78. The number of hydrogen-bond acceptors (Lipinski definition) is 4. The molecule has 1 aromatic heterocycles. The summed E-state index contributed by atoms with van der Waals surface area (Å²) in [6, 6.07) is 5.72. The Labute approximate surface area is 111 Å². The number of nitrogens with zero attached hydrogens (tertiary/aromatic N) is 1. The van der Waals surface area contributed by atoms with Gasteiger partial charge in [0.1, 0.15) is 0 Å². The van der Waals surface area contributed by atoms with Gasteiger partial charge in [-0.2, -0.15) is 0 Å². The van der Waals surface area contributed by atoms with Gasteiger partial charge >= 0.3 is 0 Å². The molecule has 1 aromatic carbocycles. The number of thiazole rings is 1. The van der Waals surface area contributed by atoms with Crippen LogP contribution in [0.25, 0.3) is 10.2 Å². The molecule has 2 rings (SSSR count). The van der Waals surface area contributed by atoms with Crippen LogP contribution in [0, 0.1) is 0 Å². The fourth-order valence-corrected chi connectivity index (χ4v) is 2.70. The zero-order valence-electron chi connectivity index (χ0n) is 11.0. The summed E-state index contributed by atoms with van der Waals surface area (Å²) < 4.78 is 1.13. The van der Waals surface area contributed by atoms with Gasteiger partial charge in [0.05, 0.1) is 15.2 Å². The molecule has 3 nitrogen and oxygen atoms in total. The van der Waals surface area contributed by atoms with Gasteiger partial charge < -0.3 is 5.73 Å². The summed E-state index contributed by atoms with van der Waals surface area (Å²) in [5.74, 6) is 0.0877. The maximum atomic E-state index is 11.8. The van der Waals surface area contributed by atoms with Crippen molar-refractivity contribution in [2.45, 2.75) is 32.6 Å². The lowest BCUT2D eigenvalue weighted by molar-refractivity contribution is 0.0985. The first kappa shape index (κ1) is 13.2. The third-order valence-corrected chi connectivity index (χ3v) is 4.18. The van der Waals surface area contributed by atoms with Crippen molar-refractivity contribution < 1.29 is 4.79 Å². The molecule has 96 valence electrons. The normalized spacial score (nSPS) is 12.0. The average Bonchev–Trinajstić information content (AvgIpc) is 2.71. The summed E-state index contributed by atoms with van der Waals surface area (Å²) in [6.45, 7) is 6.82. The van der Waals surface area contributed by atoms with Crippen LogP contribution in [0.3, 0.4) is 0 Å². The van der Waals surface area contributed by atoms with Gasteiger partial charge in [-0.25, -0.2) is 4.98 Å². The zero-order chi connectivity index (χ0) is 13.3. The number of fused-ring (bicyclic) bond motifs is 1. The summed E-state index contributed by atoms with van der Waals surface area (Å²) in [5, 5.41) is 1.10. The van der Waals surface area contributed by atoms with E-state index < -0.39 is 0 Å². The second-order valence-electron chi connectivity index (χ2n) is 5.41. The van der Waals surface area contributed by atoms with Gasteiger partial charge in [-0.3, -0.25) is 4.79 Å². The lowest BCUT2D eigenvalue weighted by atomic mass is 9.98. The quantitative estimate of drug-likeness (QED) is 0.865. The highest BCUT2D eigenvalue weighted by atomic mass is 32.1. The molecule has 2 N–H and O–H groups in total. The monoisotopic (exact) mass is 262 g/mol. The minimum Gasteiger partial charge on any atom is -0.330 e. The highest BCUT2D eigenvalue weighted by Crippen LogP contribution is 2.31. The van der Waals surface area contributed by atoms with Crippen molar-refractivity contribution >= 4 is 27.3 Å². The van der Waals surface area contributed by atoms with Crippen LogP contribution >= 0.6 is 11.3 Å². The maximum Gasteiger partial charge on any atom is 0.164 e. The van der Waals surface area contributed by atoms with Gasteiger partial charge in [0, 0.05) is 17.4 Å². The van der Waals surface area contributed by atoms with E-state index in [9.17, 15) is 4.79 Å². The average molecular weight is 262 g/mol. The van der Waals surface area contributed by atoms with E-state index in [1.807, 2.05) is 18.2 Å². The Morgan fingerprint density at radius 3 is 2.72 bits per heavy atom. The Bertz CT molecular complexity index is 581. The summed E-state index contributed by atoms with van der Waals surface area (Å²) in [4.78, 5) is 16.4. The third-order valence-electron chi connectivity index (χ3n) is 2.72. The Morgan fingerprint density at radius 1 is 1.39 bits per heavy atom. The SMILES string of the molecule is CC(C)(C)c1nc2cc(C(=O)CCN)ccc2s1. The number of Topliss-reactive ketones (excluding diaryl/α,β-unsaturated/α-hetero) is 1. The van der Waals surface area contributed by atoms with E-state index in [1.165, 1.54) is 0 Å². The molecule has 4 heteroatoms. The number of rotatable bonds is 3. The smallest absolute Gasteiger partial charge is 0.164 e. The van der Waals surface area contributed by atoms with Crippen molar-refractivity contribution in [3.05, 3.63) is 28.8 Å². The lowest BCUT2D eigenvalue weighted by Gasteiger charge is -2.13. The number of nitrogens with two attached hydrogens (primary N) is 1. The van der Waals surface area contributed by atoms with Gasteiger partial charge in [0.15, 0.2) is 5.78 Å². The van der Waals surface area contributed by atoms with Crippen LogP contribution in [0.2, 0.25) is 0 Å². The molecule has 0 spiro atoms. The van der Waals surface area contributed by atoms with Crippen LogP contribution < -0.4 is 5.73 Å². The fourth-order valence-electron chi connectivity index (χ4n) is 1.70. The van der Waals surface area contributed by atoms with Crippen LogP contribution in [0.4, 0.5) is 0 Å². The molecule has 0 saturated carbocycles. The molecule has 0 aliphatic carbocycles. The summed E-state index contributed by atoms with van der Waals surface area (Å²) in [5.41, 5.74) is 7.07. The largest absolute Gasteiger partial charge is 0.330 e. The van der Waals surface area contributed by atoms with Gasteiger partial charge in [0.25, 0.3) is 0 Å². The number of carbonyl (C=O) groups is 1. The van der Waals surface area contributed by atoms with Crippen molar-refractivity contribution in [2.24, 2.45) is 5.73 Å². The first-order valence-electron chi connectivity index (χ1n) is 6.06. The molecule has 0 amide bonds. The summed E-state index contributed by atoms with van der Waals surface area (Å²) in [6.07, 6.45) is 0.391. The van der Waals surface area contributed by atoms with Gasteiger partial charge in [0.2, 0.25) is 0 Å². The Hall–Kier alpha value is -1.26. The van der Waals surface area contributed by atoms with E-state index in [0.29, 0.717) is 18.5 Å². The molecule has 0 radical (unpaired) electrons. The Morgan fingerprint density at radius 2 is 2.11 bits per heavy atom. The molecule has 1 heterocycles. The summed E-state index contributed by atoms with van der Waals surface area (Å²) in [7, 11) is 0. The first-order valence-corrected chi connectivity index (χ1v) is 6.88. The highest BCUT2D eigenvalue weighted by Gasteiger charge is 2.19. The van der Waals surface area contributed by atoms with Crippen molar-refractivity contribution in [2.75, 3.05) is 6.54 Å². The van der Waals surface area contributed by atoms with Crippen LogP contribution in [-0.2, 0) is 5.41 Å². The number of aromatic nitrogens is 1. The van der Waals surface area contributed by atoms with Crippen molar-refractivity contribution in [1.29, 1.82) is 0 Å². The number of carbonyl (C=O) groups excluding carboxylic acids is 1. The van der Waals surface area contributed by atoms with E-state index in [4.69, 9.17) is 5.73 Å². The molecule has 0 atom stereocenters. The molecule has 0 unspecified atom stereocenters. The third kappa shape index (κ3) is 2.60. The molecule has 2 aromatic rings. The molecule has 0 aliphatic heterocycles. The van der Waals surface area contributed by atoms with E-state index in [1.54, 1.807) is 11.3 Å². The van der Waals surface area contributed by atoms with Crippen molar-refractivity contribution in [1.82, 2.24) is 4.98 Å². The second-order valence-corrected chi connectivity index (χ2v) is 6.44. The number of ketones is 1. The molecule has 0 saturated heterocycles. The van der Waals surface area contributed by atoms with Gasteiger partial charge in [-0.15, -0.1) is 11.3 Å². The highest BCUT2D eigenvalue weighted by molar-refractivity contribution is 7.18. The Balaban J connectivity index is 2.43. The molecule has 0 fully saturated rings. The molecular weight excluding hydrogens is 244 g/mol. The topological polar surface area (TPSA) is 56.0 Å². The first-order chi connectivity index (χ1) is 8.41. The van der Waals surface area contributed by atoms with Crippen molar-refractivity contribution in [3.63, 3.8) is 0 Å². The Kier molecular flexibility index (Phi) is 3.50. The molecule has 0 bridgehead atoms. The standard InChI is InChI=1S/C14H18N2OS/c1-14(2,3)13-16-10-8-9(11(17)6-7-15)4-5-12(10)18-13/h4-5,8H,6-7,15H2,1-3H3. The van der Waals surface area contributed by atoms with Crippen LogP contribution in [0.1, 0.15) is 42.6 Å². The van der Waals surface area contributed by atoms with Crippen LogP contribution in [0.5, 0.6) is 0 Å². The van der Waals surface area contributed by atoms with E-state index >= 15 is 0 Å². The zero-order valence-corrected chi connectivity index (χ0v) is 11.8.